The Morgan fingerprint density at radius 2 is 2.33 bits per heavy atom. The van der Waals surface area contributed by atoms with Crippen molar-refractivity contribution in [2.75, 3.05) is 18.9 Å². The summed E-state index contributed by atoms with van der Waals surface area (Å²) in [4.78, 5) is 23.6. The molecule has 0 aliphatic carbocycles. The van der Waals surface area contributed by atoms with Crippen molar-refractivity contribution >= 4 is 17.0 Å². The minimum Gasteiger partial charge on any atom is -0.460 e. The Labute approximate surface area is 140 Å². The van der Waals surface area contributed by atoms with Crippen molar-refractivity contribution in [1.29, 1.82) is 0 Å². The second kappa shape index (κ2) is 7.21. The molecule has 1 saturated heterocycles. The highest BCUT2D eigenvalue weighted by Gasteiger charge is 2.19. The molecule has 0 amide bonds. The van der Waals surface area contributed by atoms with Gasteiger partial charge in [-0.15, -0.1) is 0 Å². The molecule has 0 radical (unpaired) electrons. The van der Waals surface area contributed by atoms with Crippen LogP contribution >= 0.6 is 0 Å². The van der Waals surface area contributed by atoms with E-state index in [1.165, 1.54) is 0 Å². The molecule has 2 aromatic rings. The summed E-state index contributed by atoms with van der Waals surface area (Å²) < 4.78 is 12.7. The topological polar surface area (TPSA) is 108 Å². The third-order valence-corrected chi connectivity index (χ3v) is 4.42. The first-order valence-corrected chi connectivity index (χ1v) is 8.59. The van der Waals surface area contributed by atoms with Crippen LogP contribution in [0, 0.1) is 5.92 Å². The number of nitrogens with one attached hydrogen (secondary N) is 1. The van der Waals surface area contributed by atoms with E-state index in [2.05, 4.69) is 21.9 Å². The van der Waals surface area contributed by atoms with Gasteiger partial charge in [0.15, 0.2) is 11.5 Å². The molecule has 8 heteroatoms. The number of ether oxygens (including phenoxy) is 2. The summed E-state index contributed by atoms with van der Waals surface area (Å²) in [5.41, 5.74) is 6.73. The first-order valence-electron chi connectivity index (χ1n) is 8.59. The molecule has 24 heavy (non-hydrogen) atoms. The molecule has 0 unspecified atom stereocenters. The van der Waals surface area contributed by atoms with Crippen molar-refractivity contribution < 1.29 is 9.47 Å². The lowest BCUT2D eigenvalue weighted by Gasteiger charge is -2.13. The molecule has 3 N–H and O–H groups in total. The molecule has 8 nitrogen and oxygen atoms in total. The third-order valence-electron chi connectivity index (χ3n) is 4.42. The van der Waals surface area contributed by atoms with Gasteiger partial charge >= 0.3 is 11.7 Å². The molecule has 1 aliphatic rings. The van der Waals surface area contributed by atoms with Crippen molar-refractivity contribution in [3.8, 4) is 6.01 Å². The quantitative estimate of drug-likeness (QED) is 0.797. The molecule has 1 aliphatic heterocycles. The summed E-state index contributed by atoms with van der Waals surface area (Å²) in [5, 5.41) is 0. The van der Waals surface area contributed by atoms with Crippen LogP contribution in [0.15, 0.2) is 4.79 Å². The Hall–Kier alpha value is -2.09. The Morgan fingerprint density at radius 3 is 3.04 bits per heavy atom. The van der Waals surface area contributed by atoms with E-state index in [4.69, 9.17) is 15.2 Å². The van der Waals surface area contributed by atoms with Gasteiger partial charge in [0, 0.05) is 19.8 Å². The van der Waals surface area contributed by atoms with E-state index in [0.29, 0.717) is 23.6 Å². The van der Waals surface area contributed by atoms with E-state index >= 15 is 0 Å². The standard InChI is InChI=1S/C16H25N5O3/c1-3-4-10(2)24-15-19-13(17)12-14(20-15)21(16(22)18-12)7-5-11-6-8-23-9-11/h10-11H,3-9H2,1-2H3,(H,18,22)(H2,17,19,20)/t10-,11-/m0/s1. The highest BCUT2D eigenvalue weighted by Crippen LogP contribution is 2.21. The SMILES string of the molecule is CCC[C@H](C)Oc1nc(N)c2[nH]c(=O)n(CC[C@H]3CCOC3)c2n1. The maximum atomic E-state index is 12.2. The second-order valence-corrected chi connectivity index (χ2v) is 6.41. The average Bonchev–Trinajstić information content (AvgIpc) is 3.14. The van der Waals surface area contributed by atoms with Gasteiger partial charge in [-0.2, -0.15) is 9.97 Å². The Bertz CT molecular complexity index is 748. The molecule has 0 aromatic carbocycles. The van der Waals surface area contributed by atoms with E-state index < -0.39 is 0 Å². The number of imidazole rings is 1. The van der Waals surface area contributed by atoms with Crippen LogP contribution < -0.4 is 16.2 Å². The number of nitrogen functional groups attached to an aromatic ring is 1. The van der Waals surface area contributed by atoms with Gasteiger partial charge in [0.2, 0.25) is 0 Å². The Morgan fingerprint density at radius 1 is 1.50 bits per heavy atom. The fourth-order valence-electron chi connectivity index (χ4n) is 3.06. The lowest BCUT2D eigenvalue weighted by Crippen LogP contribution is -2.19. The highest BCUT2D eigenvalue weighted by molar-refractivity contribution is 5.81. The van der Waals surface area contributed by atoms with Crippen LogP contribution in [0.5, 0.6) is 6.01 Å². The number of hydrogen-bond donors (Lipinski definition) is 2. The first-order chi connectivity index (χ1) is 11.6. The number of rotatable bonds is 7. The van der Waals surface area contributed by atoms with Gasteiger partial charge in [0.05, 0.1) is 6.10 Å². The lowest BCUT2D eigenvalue weighted by atomic mass is 10.1. The van der Waals surface area contributed by atoms with E-state index in [1.807, 2.05) is 6.92 Å². The van der Waals surface area contributed by atoms with Crippen LogP contribution in [0.25, 0.3) is 11.2 Å². The number of anilines is 1. The number of aromatic amines is 1. The van der Waals surface area contributed by atoms with E-state index in [-0.39, 0.29) is 23.6 Å². The summed E-state index contributed by atoms with van der Waals surface area (Å²) in [6, 6.07) is 0.220. The Balaban J connectivity index is 1.86. The molecular formula is C16H25N5O3. The van der Waals surface area contributed by atoms with E-state index in [0.717, 1.165) is 38.9 Å². The zero-order chi connectivity index (χ0) is 17.1. The fraction of sp³-hybridized carbons (Fsp3) is 0.688. The predicted molar refractivity (Wildman–Crippen MR) is 91.1 cm³/mol. The largest absolute Gasteiger partial charge is 0.460 e. The predicted octanol–water partition coefficient (Wildman–Crippen LogP) is 1.70. The van der Waals surface area contributed by atoms with Crippen molar-refractivity contribution in [2.45, 2.75) is 52.2 Å². The van der Waals surface area contributed by atoms with Crippen molar-refractivity contribution in [2.24, 2.45) is 5.92 Å². The van der Waals surface area contributed by atoms with E-state index in [1.54, 1.807) is 4.57 Å². The van der Waals surface area contributed by atoms with Gasteiger partial charge < -0.3 is 20.2 Å². The summed E-state index contributed by atoms with van der Waals surface area (Å²) in [6.45, 7) is 6.20. The number of aryl methyl sites for hydroxylation is 1. The first kappa shape index (κ1) is 16.8. The summed E-state index contributed by atoms with van der Waals surface area (Å²) in [7, 11) is 0. The molecule has 3 heterocycles. The monoisotopic (exact) mass is 335 g/mol. The number of H-pyrrole nitrogens is 1. The molecule has 0 saturated carbocycles. The molecule has 2 aromatic heterocycles. The van der Waals surface area contributed by atoms with Crippen molar-refractivity contribution in [3.63, 3.8) is 0 Å². The smallest absolute Gasteiger partial charge is 0.327 e. The zero-order valence-corrected chi connectivity index (χ0v) is 14.2. The van der Waals surface area contributed by atoms with Crippen LogP contribution in [-0.2, 0) is 11.3 Å². The molecule has 3 rings (SSSR count). The summed E-state index contributed by atoms with van der Waals surface area (Å²) in [5.74, 6) is 0.722. The lowest BCUT2D eigenvalue weighted by molar-refractivity contribution is 0.183. The van der Waals surface area contributed by atoms with E-state index in [9.17, 15) is 4.79 Å². The molecule has 2 atom stereocenters. The van der Waals surface area contributed by atoms with Crippen LogP contribution in [0.4, 0.5) is 5.82 Å². The second-order valence-electron chi connectivity index (χ2n) is 6.41. The van der Waals surface area contributed by atoms with Crippen molar-refractivity contribution in [1.82, 2.24) is 19.5 Å². The zero-order valence-electron chi connectivity index (χ0n) is 14.2. The molecule has 0 spiro atoms. The van der Waals surface area contributed by atoms with Crippen LogP contribution in [0.1, 0.15) is 39.5 Å². The number of fused-ring (bicyclic) bond motifs is 1. The van der Waals surface area contributed by atoms with Gasteiger partial charge in [0.1, 0.15) is 5.52 Å². The summed E-state index contributed by atoms with van der Waals surface area (Å²) in [6.07, 6.45) is 3.83. The van der Waals surface area contributed by atoms with Crippen molar-refractivity contribution in [3.05, 3.63) is 10.5 Å². The van der Waals surface area contributed by atoms with Gasteiger partial charge in [-0.05, 0) is 32.1 Å². The van der Waals surface area contributed by atoms with Gasteiger partial charge in [0.25, 0.3) is 0 Å². The number of nitrogens with two attached hydrogens (primary N) is 1. The minimum absolute atomic E-state index is 0.00148. The average molecular weight is 335 g/mol. The van der Waals surface area contributed by atoms with Crippen LogP contribution in [0.2, 0.25) is 0 Å². The molecular weight excluding hydrogens is 310 g/mol. The van der Waals surface area contributed by atoms with Gasteiger partial charge in [-0.3, -0.25) is 4.57 Å². The van der Waals surface area contributed by atoms with Crippen LogP contribution in [-0.4, -0.2) is 38.8 Å². The summed E-state index contributed by atoms with van der Waals surface area (Å²) >= 11 is 0. The number of aromatic nitrogens is 4. The minimum atomic E-state index is -0.219. The maximum Gasteiger partial charge on any atom is 0.327 e. The number of hydrogen-bond acceptors (Lipinski definition) is 6. The van der Waals surface area contributed by atoms with Gasteiger partial charge in [-0.25, -0.2) is 4.79 Å². The number of nitrogens with zero attached hydrogens (tertiary/aromatic N) is 3. The highest BCUT2D eigenvalue weighted by atomic mass is 16.5. The Kier molecular flexibility index (Phi) is 5.03. The fourth-order valence-corrected chi connectivity index (χ4v) is 3.06. The normalized spacial score (nSPS) is 19.0. The molecule has 132 valence electrons. The van der Waals surface area contributed by atoms with Crippen LogP contribution in [0.3, 0.4) is 0 Å². The maximum absolute atomic E-state index is 12.2. The third kappa shape index (κ3) is 3.53. The molecule has 0 bridgehead atoms. The van der Waals surface area contributed by atoms with Gasteiger partial charge in [-0.1, -0.05) is 13.3 Å². The molecule has 1 fully saturated rings.